The van der Waals surface area contributed by atoms with Crippen LogP contribution in [-0.2, 0) is 5.41 Å². The van der Waals surface area contributed by atoms with Gasteiger partial charge in [-0.15, -0.1) is 0 Å². The first kappa shape index (κ1) is 19.0. The lowest BCUT2D eigenvalue weighted by atomic mass is 9.70. The van der Waals surface area contributed by atoms with Gasteiger partial charge in [0.1, 0.15) is 11.2 Å². The van der Waals surface area contributed by atoms with Crippen LogP contribution in [0.5, 0.6) is 0 Å². The van der Waals surface area contributed by atoms with Gasteiger partial charge in [0.25, 0.3) is 0 Å². The largest absolute Gasteiger partial charge is 0.455 e. The summed E-state index contributed by atoms with van der Waals surface area (Å²) in [6.07, 6.45) is 0. The highest BCUT2D eigenvalue weighted by molar-refractivity contribution is 9.10. The summed E-state index contributed by atoms with van der Waals surface area (Å²) in [5, 5.41) is 3.03. The summed E-state index contributed by atoms with van der Waals surface area (Å²) in [5.41, 5.74) is 11.3. The van der Waals surface area contributed by atoms with Crippen molar-refractivity contribution < 1.29 is 4.42 Å². The van der Waals surface area contributed by atoms with E-state index < -0.39 is 5.41 Å². The zero-order valence-corrected chi connectivity index (χ0v) is 20.2. The predicted octanol–water partition coefficient (Wildman–Crippen LogP) is 9.35. The summed E-state index contributed by atoms with van der Waals surface area (Å²) in [4.78, 5) is 0. The second-order valence-electron chi connectivity index (χ2n) is 9.11. The molecular formula is C31H16BrClO. The molecule has 1 nitrogen and oxygen atoms in total. The molecule has 0 amide bonds. The average Bonchev–Trinajstić information content (AvgIpc) is 3.48. The van der Waals surface area contributed by atoms with Crippen LogP contribution in [0.4, 0.5) is 0 Å². The Balaban J connectivity index is 1.63. The van der Waals surface area contributed by atoms with Crippen LogP contribution < -0.4 is 0 Å². The summed E-state index contributed by atoms with van der Waals surface area (Å²) in [6.45, 7) is 0. The van der Waals surface area contributed by atoms with E-state index in [1.54, 1.807) is 0 Å². The minimum Gasteiger partial charge on any atom is -0.455 e. The monoisotopic (exact) mass is 518 g/mol. The highest BCUT2D eigenvalue weighted by Gasteiger charge is 2.53. The topological polar surface area (TPSA) is 13.1 Å². The van der Waals surface area contributed by atoms with Gasteiger partial charge in [0.15, 0.2) is 0 Å². The molecular weight excluding hydrogens is 504 g/mol. The Morgan fingerprint density at radius 2 is 1.38 bits per heavy atom. The molecule has 1 atom stereocenters. The van der Waals surface area contributed by atoms with E-state index in [1.165, 1.54) is 44.5 Å². The van der Waals surface area contributed by atoms with Crippen molar-refractivity contribution >= 4 is 49.5 Å². The highest BCUT2D eigenvalue weighted by Crippen LogP contribution is 2.65. The van der Waals surface area contributed by atoms with Crippen molar-refractivity contribution in [1.82, 2.24) is 0 Å². The SMILES string of the molecule is Clc1ccc2c(c1)C1(c3ccccc3-c3c(Br)cccc31)c1ccc3c(oc4ccccc43)c1-2. The number of furan rings is 1. The second-order valence-corrected chi connectivity index (χ2v) is 10.4. The molecule has 8 rings (SSSR count). The van der Waals surface area contributed by atoms with Crippen molar-refractivity contribution in [3.63, 3.8) is 0 Å². The molecule has 1 unspecified atom stereocenters. The Bertz CT molecular complexity index is 1850. The molecule has 3 heteroatoms. The molecule has 0 radical (unpaired) electrons. The van der Waals surface area contributed by atoms with Gasteiger partial charge in [0.05, 0.1) is 5.41 Å². The standard InChI is InChI=1S/C31H16BrClO/c32-26-10-5-9-23-28(26)20-7-1-3-8-22(20)31(23)24-15-14-19-18-6-2-4-11-27(18)34-30(19)29(24)21-13-12-17(33)16-25(21)31/h1-16H. The van der Waals surface area contributed by atoms with Crippen LogP contribution in [0.2, 0.25) is 5.02 Å². The van der Waals surface area contributed by atoms with E-state index in [2.05, 4.69) is 94.8 Å². The maximum absolute atomic E-state index is 6.66. The van der Waals surface area contributed by atoms with Gasteiger partial charge < -0.3 is 4.42 Å². The number of rotatable bonds is 0. The number of para-hydroxylation sites is 1. The number of benzene rings is 5. The lowest BCUT2D eigenvalue weighted by molar-refractivity contribution is 0.669. The molecule has 0 saturated heterocycles. The Hall–Kier alpha value is -3.33. The summed E-state index contributed by atoms with van der Waals surface area (Å²) in [5.74, 6) is 0. The lowest BCUT2D eigenvalue weighted by Crippen LogP contribution is -2.25. The van der Waals surface area contributed by atoms with E-state index in [0.29, 0.717) is 0 Å². The van der Waals surface area contributed by atoms with Crippen molar-refractivity contribution in [2.45, 2.75) is 5.41 Å². The highest BCUT2D eigenvalue weighted by atomic mass is 79.9. The average molecular weight is 520 g/mol. The third-order valence-electron chi connectivity index (χ3n) is 7.62. The second kappa shape index (κ2) is 6.41. The number of fused-ring (bicyclic) bond motifs is 14. The van der Waals surface area contributed by atoms with E-state index in [9.17, 15) is 0 Å². The van der Waals surface area contributed by atoms with Crippen molar-refractivity contribution in [2.24, 2.45) is 0 Å². The van der Waals surface area contributed by atoms with Crippen LogP contribution in [0.3, 0.4) is 0 Å². The van der Waals surface area contributed by atoms with Gasteiger partial charge in [-0.3, -0.25) is 0 Å². The van der Waals surface area contributed by atoms with E-state index in [1.807, 2.05) is 18.2 Å². The molecule has 0 bridgehead atoms. The number of hydrogen-bond donors (Lipinski definition) is 0. The Morgan fingerprint density at radius 3 is 2.32 bits per heavy atom. The van der Waals surface area contributed by atoms with E-state index in [4.69, 9.17) is 16.0 Å². The van der Waals surface area contributed by atoms with E-state index in [-0.39, 0.29) is 0 Å². The fourth-order valence-electron chi connectivity index (χ4n) is 6.42. The predicted molar refractivity (Wildman–Crippen MR) is 143 cm³/mol. The van der Waals surface area contributed by atoms with Gasteiger partial charge in [-0.1, -0.05) is 100 Å². The van der Waals surface area contributed by atoms with Crippen LogP contribution in [-0.4, -0.2) is 0 Å². The molecule has 2 aliphatic carbocycles. The molecule has 6 aromatic rings. The van der Waals surface area contributed by atoms with Gasteiger partial charge in [-0.2, -0.15) is 0 Å². The molecule has 1 heterocycles. The molecule has 1 spiro atoms. The summed E-state index contributed by atoms with van der Waals surface area (Å²) >= 11 is 10.5. The van der Waals surface area contributed by atoms with Crippen LogP contribution in [0, 0.1) is 0 Å². The molecule has 0 aliphatic heterocycles. The zero-order chi connectivity index (χ0) is 22.6. The molecule has 34 heavy (non-hydrogen) atoms. The van der Waals surface area contributed by atoms with Crippen LogP contribution in [0.25, 0.3) is 44.2 Å². The Morgan fingerprint density at radius 1 is 0.618 bits per heavy atom. The zero-order valence-electron chi connectivity index (χ0n) is 17.9. The third kappa shape index (κ3) is 2.08. The van der Waals surface area contributed by atoms with Crippen molar-refractivity contribution in [1.29, 1.82) is 0 Å². The fourth-order valence-corrected chi connectivity index (χ4v) is 7.17. The van der Waals surface area contributed by atoms with Crippen molar-refractivity contribution in [3.05, 3.63) is 129 Å². The van der Waals surface area contributed by atoms with E-state index >= 15 is 0 Å². The fraction of sp³-hybridized carbons (Fsp3) is 0.0323. The van der Waals surface area contributed by atoms with Crippen molar-refractivity contribution in [3.8, 4) is 22.3 Å². The molecule has 1 aromatic heterocycles. The van der Waals surface area contributed by atoms with Crippen LogP contribution >= 0.6 is 27.5 Å². The van der Waals surface area contributed by atoms with Crippen molar-refractivity contribution in [2.75, 3.05) is 0 Å². The minimum atomic E-state index is -0.446. The lowest BCUT2D eigenvalue weighted by Gasteiger charge is -2.30. The minimum absolute atomic E-state index is 0.446. The summed E-state index contributed by atoms with van der Waals surface area (Å²) in [6, 6.07) is 34.4. The molecule has 0 saturated carbocycles. The summed E-state index contributed by atoms with van der Waals surface area (Å²) < 4.78 is 7.65. The van der Waals surface area contributed by atoms with Gasteiger partial charge in [-0.05, 0) is 57.6 Å². The van der Waals surface area contributed by atoms with E-state index in [0.717, 1.165) is 31.4 Å². The quantitative estimate of drug-likeness (QED) is 0.194. The van der Waals surface area contributed by atoms with Crippen LogP contribution in [0.1, 0.15) is 22.3 Å². The molecule has 160 valence electrons. The normalized spacial score (nSPS) is 17.2. The van der Waals surface area contributed by atoms with Gasteiger partial charge in [0.2, 0.25) is 0 Å². The molecule has 0 N–H and O–H groups in total. The first-order valence-electron chi connectivity index (χ1n) is 11.3. The third-order valence-corrected chi connectivity index (χ3v) is 8.52. The number of halogens is 2. The molecule has 2 aliphatic rings. The van der Waals surface area contributed by atoms with Gasteiger partial charge >= 0.3 is 0 Å². The summed E-state index contributed by atoms with van der Waals surface area (Å²) in [7, 11) is 0. The van der Waals surface area contributed by atoms with Gasteiger partial charge in [-0.25, -0.2) is 0 Å². The first-order chi connectivity index (χ1) is 16.7. The Labute approximate surface area is 209 Å². The number of hydrogen-bond acceptors (Lipinski definition) is 1. The smallest absolute Gasteiger partial charge is 0.143 e. The Kier molecular flexibility index (Phi) is 3.59. The van der Waals surface area contributed by atoms with Crippen LogP contribution in [0.15, 0.2) is 106 Å². The first-order valence-corrected chi connectivity index (χ1v) is 12.5. The molecule has 5 aromatic carbocycles. The van der Waals surface area contributed by atoms with Gasteiger partial charge in [0, 0.05) is 31.4 Å². The maximum atomic E-state index is 6.66. The molecule has 0 fully saturated rings. The maximum Gasteiger partial charge on any atom is 0.143 e.